The van der Waals surface area contributed by atoms with Gasteiger partial charge in [-0.05, 0) is 24.5 Å². The number of ether oxygens (including phenoxy) is 1. The fourth-order valence-corrected chi connectivity index (χ4v) is 3.82. The van der Waals surface area contributed by atoms with Crippen molar-refractivity contribution in [3.8, 4) is 5.75 Å². The van der Waals surface area contributed by atoms with Crippen LogP contribution in [0.4, 0.5) is 0 Å². The summed E-state index contributed by atoms with van der Waals surface area (Å²) in [5.41, 5.74) is 1.28. The van der Waals surface area contributed by atoms with Crippen LogP contribution in [0.25, 0.3) is 0 Å². The van der Waals surface area contributed by atoms with E-state index in [4.69, 9.17) is 4.74 Å². The average molecular weight is 368 g/mol. The van der Waals surface area contributed by atoms with Crippen molar-refractivity contribution in [2.24, 2.45) is 4.99 Å². The van der Waals surface area contributed by atoms with Crippen LogP contribution in [0, 0.1) is 0 Å². The van der Waals surface area contributed by atoms with Crippen molar-refractivity contribution in [2.45, 2.75) is 51.2 Å². The minimum Gasteiger partial charge on any atom is -0.488 e. The fraction of sp³-hybridized carbons (Fsp3) is 0.550. The van der Waals surface area contributed by atoms with Gasteiger partial charge in [0, 0.05) is 39.4 Å². The molecule has 1 unspecified atom stereocenters. The molecule has 1 aromatic carbocycles. The van der Waals surface area contributed by atoms with Gasteiger partial charge in [0.05, 0.1) is 6.54 Å². The van der Waals surface area contributed by atoms with Crippen molar-refractivity contribution >= 4 is 5.96 Å². The van der Waals surface area contributed by atoms with E-state index < -0.39 is 0 Å². The van der Waals surface area contributed by atoms with Crippen LogP contribution in [-0.4, -0.2) is 47.0 Å². The van der Waals surface area contributed by atoms with Gasteiger partial charge in [0.15, 0.2) is 5.96 Å². The number of nitrogens with zero attached hydrogens (tertiary/aromatic N) is 4. The number of aliphatic imine (C=N–C) groups is 1. The summed E-state index contributed by atoms with van der Waals surface area (Å²) in [5.74, 6) is 4.01. The van der Waals surface area contributed by atoms with Gasteiger partial charge in [0.2, 0.25) is 0 Å². The molecule has 144 valence electrons. The first-order chi connectivity index (χ1) is 13.3. The predicted molar refractivity (Wildman–Crippen MR) is 105 cm³/mol. The number of para-hydroxylation sites is 1. The van der Waals surface area contributed by atoms with E-state index in [1.807, 2.05) is 12.1 Å². The third kappa shape index (κ3) is 4.23. The monoisotopic (exact) mass is 368 g/mol. The van der Waals surface area contributed by atoms with Crippen LogP contribution in [0.2, 0.25) is 0 Å². The summed E-state index contributed by atoms with van der Waals surface area (Å²) in [6.45, 7) is 2.56. The van der Waals surface area contributed by atoms with Crippen molar-refractivity contribution in [3.63, 3.8) is 0 Å². The number of hydrogen-bond donors (Lipinski definition) is 2. The summed E-state index contributed by atoms with van der Waals surface area (Å²) in [5, 5.41) is 15.5. The number of guanidine groups is 1. The second-order valence-electron chi connectivity index (χ2n) is 7.18. The molecule has 0 bridgehead atoms. The average Bonchev–Trinajstić information content (AvgIpc) is 3.20. The molecule has 2 aliphatic rings. The molecule has 3 heterocycles. The Morgan fingerprint density at radius 2 is 2.15 bits per heavy atom. The Morgan fingerprint density at radius 3 is 3.04 bits per heavy atom. The number of aromatic nitrogens is 3. The molecule has 0 saturated heterocycles. The summed E-state index contributed by atoms with van der Waals surface area (Å²) in [4.78, 5) is 4.32. The zero-order chi connectivity index (χ0) is 18.5. The van der Waals surface area contributed by atoms with Crippen LogP contribution < -0.4 is 15.4 Å². The molecule has 1 atom stereocenters. The summed E-state index contributed by atoms with van der Waals surface area (Å²) < 4.78 is 8.27. The Morgan fingerprint density at radius 1 is 1.22 bits per heavy atom. The summed E-state index contributed by atoms with van der Waals surface area (Å²) >= 11 is 0. The number of nitrogens with one attached hydrogen (secondary N) is 2. The summed E-state index contributed by atoms with van der Waals surface area (Å²) in [7, 11) is 1.79. The SMILES string of the molecule is CN=C(NCCc1nnc2n1CCCCC2)NCC1Cc2ccccc2O1. The molecule has 27 heavy (non-hydrogen) atoms. The minimum absolute atomic E-state index is 0.146. The third-order valence-corrected chi connectivity index (χ3v) is 5.26. The smallest absolute Gasteiger partial charge is 0.191 e. The third-order valence-electron chi connectivity index (χ3n) is 5.26. The molecule has 0 radical (unpaired) electrons. The Kier molecular flexibility index (Phi) is 5.55. The lowest BCUT2D eigenvalue weighted by molar-refractivity contribution is 0.235. The highest BCUT2D eigenvalue weighted by molar-refractivity contribution is 5.79. The van der Waals surface area contributed by atoms with Crippen molar-refractivity contribution in [2.75, 3.05) is 20.1 Å². The van der Waals surface area contributed by atoms with Crippen LogP contribution in [0.5, 0.6) is 5.75 Å². The van der Waals surface area contributed by atoms with Crippen LogP contribution >= 0.6 is 0 Å². The zero-order valence-electron chi connectivity index (χ0n) is 15.9. The zero-order valence-corrected chi connectivity index (χ0v) is 15.9. The molecule has 4 rings (SSSR count). The minimum atomic E-state index is 0.146. The lowest BCUT2D eigenvalue weighted by Gasteiger charge is -2.15. The van der Waals surface area contributed by atoms with Crippen LogP contribution in [0.1, 0.15) is 36.5 Å². The highest BCUT2D eigenvalue weighted by Gasteiger charge is 2.22. The number of rotatable bonds is 5. The van der Waals surface area contributed by atoms with Crippen molar-refractivity contribution < 1.29 is 4.74 Å². The lowest BCUT2D eigenvalue weighted by atomic mass is 10.1. The molecule has 2 aromatic rings. The van der Waals surface area contributed by atoms with Crippen LogP contribution in [0.3, 0.4) is 0 Å². The number of fused-ring (bicyclic) bond motifs is 2. The maximum absolute atomic E-state index is 5.97. The fourth-order valence-electron chi connectivity index (χ4n) is 3.82. The first-order valence-corrected chi connectivity index (χ1v) is 9.93. The first kappa shape index (κ1) is 17.8. The molecule has 0 aliphatic carbocycles. The van der Waals surface area contributed by atoms with Gasteiger partial charge in [0.25, 0.3) is 0 Å². The molecule has 7 nitrogen and oxygen atoms in total. The standard InChI is InChI=1S/C20H28N6O/c1-21-20(23-14-16-13-15-7-4-5-8-17(15)27-16)22-11-10-19-25-24-18-9-3-2-6-12-26(18)19/h4-5,7-8,16H,2-3,6,9-14H2,1H3,(H2,21,22,23). The van der Waals surface area contributed by atoms with E-state index in [0.717, 1.165) is 62.3 Å². The van der Waals surface area contributed by atoms with Gasteiger partial charge in [-0.15, -0.1) is 10.2 Å². The maximum Gasteiger partial charge on any atom is 0.191 e. The van der Waals surface area contributed by atoms with Crippen molar-refractivity contribution in [1.29, 1.82) is 0 Å². The summed E-state index contributed by atoms with van der Waals surface area (Å²) in [6.07, 6.45) is 6.70. The Balaban J connectivity index is 1.23. The van der Waals surface area contributed by atoms with Gasteiger partial charge >= 0.3 is 0 Å². The highest BCUT2D eigenvalue weighted by atomic mass is 16.5. The normalized spacial score (nSPS) is 19.0. The van der Waals surface area contributed by atoms with E-state index >= 15 is 0 Å². The van der Waals surface area contributed by atoms with Crippen molar-refractivity contribution in [3.05, 3.63) is 41.5 Å². The van der Waals surface area contributed by atoms with Crippen LogP contribution in [0.15, 0.2) is 29.3 Å². The van der Waals surface area contributed by atoms with E-state index in [1.54, 1.807) is 7.05 Å². The topological polar surface area (TPSA) is 76.4 Å². The van der Waals surface area contributed by atoms with Gasteiger partial charge in [-0.25, -0.2) is 0 Å². The van der Waals surface area contributed by atoms with Crippen LogP contribution in [-0.2, 0) is 25.8 Å². The molecule has 0 saturated carbocycles. The lowest BCUT2D eigenvalue weighted by Crippen LogP contribution is -2.43. The van der Waals surface area contributed by atoms with Gasteiger partial charge in [-0.2, -0.15) is 0 Å². The van der Waals surface area contributed by atoms with Gasteiger partial charge in [-0.3, -0.25) is 4.99 Å². The second kappa shape index (κ2) is 8.41. The Bertz CT molecular complexity index is 775. The molecule has 1 aromatic heterocycles. The van der Waals surface area contributed by atoms with E-state index in [2.05, 4.69) is 42.5 Å². The first-order valence-electron chi connectivity index (χ1n) is 9.93. The van der Waals surface area contributed by atoms with Crippen molar-refractivity contribution in [1.82, 2.24) is 25.4 Å². The molecular weight excluding hydrogens is 340 g/mol. The Hall–Kier alpha value is -2.57. The largest absolute Gasteiger partial charge is 0.488 e. The molecule has 7 heteroatoms. The highest BCUT2D eigenvalue weighted by Crippen LogP contribution is 2.27. The number of benzene rings is 1. The van der Waals surface area contributed by atoms with Gasteiger partial charge in [-0.1, -0.05) is 24.6 Å². The molecular formula is C20H28N6O. The van der Waals surface area contributed by atoms with E-state index in [-0.39, 0.29) is 6.10 Å². The number of aryl methyl sites for hydroxylation is 1. The maximum atomic E-state index is 5.97. The van der Waals surface area contributed by atoms with E-state index in [9.17, 15) is 0 Å². The summed E-state index contributed by atoms with van der Waals surface area (Å²) in [6, 6.07) is 8.23. The number of hydrogen-bond acceptors (Lipinski definition) is 4. The van der Waals surface area contributed by atoms with Gasteiger partial charge in [0.1, 0.15) is 23.5 Å². The van der Waals surface area contributed by atoms with Gasteiger partial charge < -0.3 is 19.9 Å². The molecule has 2 aliphatic heterocycles. The quantitative estimate of drug-likeness (QED) is 0.621. The molecule has 0 fully saturated rings. The van der Waals surface area contributed by atoms with E-state index in [1.165, 1.54) is 24.8 Å². The van der Waals surface area contributed by atoms with E-state index in [0.29, 0.717) is 0 Å². The Labute approximate surface area is 160 Å². The second-order valence-corrected chi connectivity index (χ2v) is 7.18. The molecule has 2 N–H and O–H groups in total. The molecule has 0 spiro atoms. The molecule has 0 amide bonds. The predicted octanol–water partition coefficient (Wildman–Crippen LogP) is 1.72.